The maximum Gasteiger partial charge on any atom is 0.119 e. The van der Waals surface area contributed by atoms with Gasteiger partial charge in [0.2, 0.25) is 0 Å². The first-order valence-corrected chi connectivity index (χ1v) is 24.8. The Morgan fingerprint density at radius 1 is 0.485 bits per heavy atom. The van der Waals surface area contributed by atoms with Gasteiger partial charge in [-0.05, 0) is 123 Å². The van der Waals surface area contributed by atoms with E-state index in [0.29, 0.717) is 13.2 Å². The van der Waals surface area contributed by atoms with Crippen molar-refractivity contribution >= 4 is 46.4 Å². The smallest absolute Gasteiger partial charge is 0.119 e. The number of benzene rings is 2. The molecular weight excluding hydrogens is 886 g/mol. The van der Waals surface area contributed by atoms with Gasteiger partial charge < -0.3 is 58.1 Å². The van der Waals surface area contributed by atoms with Crippen molar-refractivity contribution in [3.63, 3.8) is 0 Å². The van der Waals surface area contributed by atoms with Crippen molar-refractivity contribution in [3.8, 4) is 33.8 Å². The van der Waals surface area contributed by atoms with Crippen LogP contribution in [-0.4, -0.2) is 122 Å². The molecule has 7 rings (SSSR count). The molecule has 0 aliphatic carbocycles. The van der Waals surface area contributed by atoms with Crippen LogP contribution in [0.1, 0.15) is 100 Å². The molecule has 2 aromatic carbocycles. The summed E-state index contributed by atoms with van der Waals surface area (Å²) in [6.45, 7) is 9.42. The molecule has 0 fully saturated rings. The topological polar surface area (TPSA) is 79.1 Å². The Hall–Kier alpha value is -4.90. The van der Waals surface area contributed by atoms with Crippen molar-refractivity contribution in [2.45, 2.75) is 77.6 Å². The van der Waals surface area contributed by atoms with E-state index in [2.05, 4.69) is 173 Å². The summed E-state index contributed by atoms with van der Waals surface area (Å²) in [5.41, 5.74) is 11.7. The second-order valence-electron chi connectivity index (χ2n) is 20.1. The summed E-state index contributed by atoms with van der Waals surface area (Å²) in [5.74, 6) is 1.77. The van der Waals surface area contributed by atoms with E-state index in [1.54, 1.807) is 0 Å². The summed E-state index contributed by atoms with van der Waals surface area (Å²) in [6.07, 6.45) is 22.5. The number of rotatable bonds is 25. The van der Waals surface area contributed by atoms with Crippen molar-refractivity contribution in [2.75, 3.05) is 88.2 Å². The molecule has 2 N–H and O–H groups in total. The molecule has 8 bridgehead atoms. The number of halogens is 2. The van der Waals surface area contributed by atoms with E-state index in [0.717, 1.165) is 120 Å². The van der Waals surface area contributed by atoms with Crippen molar-refractivity contribution in [2.24, 2.45) is 0 Å². The van der Waals surface area contributed by atoms with E-state index in [1.165, 1.54) is 70.9 Å². The Balaban J connectivity index is 0.00000432. The van der Waals surface area contributed by atoms with Gasteiger partial charge in [0, 0.05) is 59.0 Å². The van der Waals surface area contributed by atoms with Crippen LogP contribution in [-0.2, 0) is 0 Å². The number of fused-ring (bicyclic) bond motifs is 8. The van der Waals surface area contributed by atoms with Crippen LogP contribution >= 0.6 is 0 Å². The zero-order valence-electron chi connectivity index (χ0n) is 41.9. The zero-order valence-corrected chi connectivity index (χ0v) is 43.4. The lowest BCUT2D eigenvalue weighted by atomic mass is 10.0. The van der Waals surface area contributed by atoms with E-state index in [4.69, 9.17) is 19.4 Å². The fourth-order valence-electron chi connectivity index (χ4n) is 9.19. The molecule has 0 amide bonds. The SMILES string of the molecule is CCCCCCCCCC[N+](C)(C)CCCOc1ccc(-c2c3nc(cc4ccc([nH]4)c(-c4ccc(OCCC[N+](C)(C)CCCN(C)C)cc4)c4ccc(cc5nc2C=C5)[nH]4)C=C3)cc1.[Cl-].[Cl-]. The van der Waals surface area contributed by atoms with Crippen molar-refractivity contribution in [1.29, 1.82) is 0 Å². The van der Waals surface area contributed by atoms with E-state index in [1.807, 2.05) is 0 Å². The Labute approximate surface area is 419 Å². The van der Waals surface area contributed by atoms with Gasteiger partial charge in [-0.1, -0.05) is 69.7 Å². The fourth-order valence-corrected chi connectivity index (χ4v) is 9.19. The number of aromatic amines is 2. The molecule has 0 saturated heterocycles. The molecule has 68 heavy (non-hydrogen) atoms. The predicted molar refractivity (Wildman–Crippen MR) is 279 cm³/mol. The van der Waals surface area contributed by atoms with Gasteiger partial charge in [-0.25, -0.2) is 9.97 Å². The van der Waals surface area contributed by atoms with E-state index in [9.17, 15) is 0 Å². The molecule has 11 heteroatoms. The first-order valence-electron chi connectivity index (χ1n) is 24.8. The van der Waals surface area contributed by atoms with E-state index >= 15 is 0 Å². The number of quaternary nitrogens is 2. The normalized spacial score (nSPS) is 12.3. The molecule has 2 aliphatic heterocycles. The van der Waals surface area contributed by atoms with Crippen LogP contribution in [0.2, 0.25) is 0 Å². The first kappa shape index (κ1) is 54.0. The van der Waals surface area contributed by atoms with Gasteiger partial charge in [0.1, 0.15) is 11.5 Å². The lowest BCUT2D eigenvalue weighted by Gasteiger charge is -2.30. The van der Waals surface area contributed by atoms with Crippen molar-refractivity contribution in [3.05, 3.63) is 108 Å². The van der Waals surface area contributed by atoms with Gasteiger partial charge in [-0.3, -0.25) is 0 Å². The van der Waals surface area contributed by atoms with Crippen LogP contribution < -0.4 is 34.3 Å². The van der Waals surface area contributed by atoms with E-state index in [-0.39, 0.29) is 24.8 Å². The summed E-state index contributed by atoms with van der Waals surface area (Å²) >= 11 is 0. The van der Waals surface area contributed by atoms with Crippen molar-refractivity contribution in [1.82, 2.24) is 24.8 Å². The zero-order chi connectivity index (χ0) is 46.4. The van der Waals surface area contributed by atoms with Crippen LogP contribution in [0, 0.1) is 0 Å². The number of nitrogens with zero attached hydrogens (tertiary/aromatic N) is 5. The quantitative estimate of drug-likeness (QED) is 0.0489. The van der Waals surface area contributed by atoms with Gasteiger partial charge in [-0.2, -0.15) is 0 Å². The van der Waals surface area contributed by atoms with Crippen LogP contribution in [0.5, 0.6) is 11.5 Å². The number of unbranched alkanes of at least 4 members (excludes halogenated alkanes) is 7. The molecule has 2 aliphatic rings. The number of ether oxygens (including phenoxy) is 2. The average Bonchev–Trinajstić information content (AvgIpc) is 4.14. The second kappa shape index (κ2) is 26.2. The number of aromatic nitrogens is 4. The van der Waals surface area contributed by atoms with Gasteiger partial charge >= 0.3 is 0 Å². The second-order valence-corrected chi connectivity index (χ2v) is 20.1. The third-order valence-electron chi connectivity index (χ3n) is 13.0. The summed E-state index contributed by atoms with van der Waals surface area (Å²) in [6, 6.07) is 29.7. The Bertz CT molecular complexity index is 2460. The summed E-state index contributed by atoms with van der Waals surface area (Å²) in [5, 5.41) is 0. The van der Waals surface area contributed by atoms with Crippen molar-refractivity contribution < 1.29 is 43.3 Å². The molecule has 9 nitrogen and oxygen atoms in total. The minimum absolute atomic E-state index is 0. The lowest BCUT2D eigenvalue weighted by Crippen LogP contribution is -3.00. The Kier molecular flexibility index (Phi) is 20.8. The third kappa shape index (κ3) is 16.1. The Morgan fingerprint density at radius 3 is 1.38 bits per heavy atom. The lowest BCUT2D eigenvalue weighted by molar-refractivity contribution is -0.890. The van der Waals surface area contributed by atoms with Crippen LogP contribution in [0.15, 0.2) is 84.9 Å². The molecular formula is C57H77Cl2N7O2. The standard InChI is InChI=1S/C57H77N7O2.2ClH/c1-8-9-10-11-12-13-14-15-36-63(4,5)38-17-40-65-50-27-19-44(20-28-50)56-52-31-23-46(58-52)42-48-25-33-54(60-48)57(55-34-26-49(61-55)43-47-24-32-53(56)59-47)45-21-29-51(30-22-45)66-41-18-39-64(6,7)37-16-35-62(2)3;;/h19-34,42-43,60-61H,8-18,35-41H2,1-7H3;2*1H/q+2;;/p-2. The van der Waals surface area contributed by atoms with E-state index < -0.39 is 0 Å². The summed E-state index contributed by atoms with van der Waals surface area (Å²) in [4.78, 5) is 20.0. The third-order valence-corrected chi connectivity index (χ3v) is 13.0. The minimum Gasteiger partial charge on any atom is -1.00 e. The molecule has 5 heterocycles. The molecule has 5 aromatic rings. The Morgan fingerprint density at radius 2 is 0.912 bits per heavy atom. The van der Waals surface area contributed by atoms with Gasteiger partial charge in [0.25, 0.3) is 0 Å². The molecule has 0 spiro atoms. The largest absolute Gasteiger partial charge is 1.00 e. The number of hydrogen-bond donors (Lipinski definition) is 2. The molecule has 0 saturated carbocycles. The monoisotopic (exact) mass is 962 g/mol. The van der Waals surface area contributed by atoms with Crippen LogP contribution in [0.4, 0.5) is 0 Å². The predicted octanol–water partition coefficient (Wildman–Crippen LogP) is 6.78. The number of hydrogen-bond acceptors (Lipinski definition) is 5. The van der Waals surface area contributed by atoms with Crippen LogP contribution in [0.3, 0.4) is 0 Å². The molecule has 0 unspecified atom stereocenters. The highest BCUT2D eigenvalue weighted by atomic mass is 35.5. The van der Waals surface area contributed by atoms with Gasteiger partial charge in [0.15, 0.2) is 0 Å². The highest BCUT2D eigenvalue weighted by molar-refractivity contribution is 5.94. The number of H-pyrrole nitrogens is 2. The highest BCUT2D eigenvalue weighted by Crippen LogP contribution is 2.34. The summed E-state index contributed by atoms with van der Waals surface area (Å²) in [7, 11) is 13.6. The molecule has 0 atom stereocenters. The molecule has 0 radical (unpaired) electrons. The maximum absolute atomic E-state index is 6.28. The average molecular weight is 963 g/mol. The highest BCUT2D eigenvalue weighted by Gasteiger charge is 2.18. The van der Waals surface area contributed by atoms with Gasteiger partial charge in [0.05, 0.1) is 90.4 Å². The van der Waals surface area contributed by atoms with Crippen LogP contribution in [0.25, 0.3) is 68.6 Å². The van der Waals surface area contributed by atoms with Gasteiger partial charge in [-0.15, -0.1) is 0 Å². The number of nitrogens with one attached hydrogen (secondary N) is 2. The fraction of sp³-hybridized carbons (Fsp3) is 0.439. The molecule has 3 aromatic heterocycles. The first-order chi connectivity index (χ1) is 31.9. The minimum atomic E-state index is 0. The summed E-state index contributed by atoms with van der Waals surface area (Å²) < 4.78 is 14.6. The maximum atomic E-state index is 6.28. The molecule has 366 valence electrons.